The minimum absolute atomic E-state index is 0.145. The molecule has 1 fully saturated rings. The van der Waals surface area contributed by atoms with Gasteiger partial charge in [0.1, 0.15) is 5.54 Å². The molecule has 2 rings (SSSR count). The van der Waals surface area contributed by atoms with Gasteiger partial charge in [0.25, 0.3) is 5.91 Å². The largest absolute Gasteiger partial charge is 0.325 e. The van der Waals surface area contributed by atoms with Gasteiger partial charge >= 0.3 is 6.03 Å². The van der Waals surface area contributed by atoms with Crippen molar-refractivity contribution in [1.29, 1.82) is 0 Å². The molecule has 0 radical (unpaired) electrons. The summed E-state index contributed by atoms with van der Waals surface area (Å²) in [6.07, 6.45) is 4.17. The number of thioether (sulfide) groups is 1. The van der Waals surface area contributed by atoms with Gasteiger partial charge < -0.3 is 5.32 Å². The molecular weight excluding hydrogens is 284 g/mol. The van der Waals surface area contributed by atoms with Crippen LogP contribution < -0.4 is 5.32 Å². The molecule has 0 unspecified atom stereocenters. The summed E-state index contributed by atoms with van der Waals surface area (Å²) >= 11 is 1.70. The highest BCUT2D eigenvalue weighted by molar-refractivity contribution is 7.99. The first-order chi connectivity index (χ1) is 10.0. The van der Waals surface area contributed by atoms with Crippen LogP contribution in [0.1, 0.15) is 19.4 Å². The fraction of sp³-hybridized carbons (Fsp3) is 0.375. The molecule has 0 aliphatic carbocycles. The van der Waals surface area contributed by atoms with E-state index < -0.39 is 5.54 Å². The lowest BCUT2D eigenvalue weighted by Gasteiger charge is -2.15. The lowest BCUT2D eigenvalue weighted by molar-refractivity contribution is -0.130. The number of amides is 3. The summed E-state index contributed by atoms with van der Waals surface area (Å²) in [4.78, 5) is 24.9. The molecule has 0 aromatic heterocycles. The number of nitrogens with zero attached hydrogens (tertiary/aromatic N) is 1. The molecule has 1 aliphatic heterocycles. The summed E-state index contributed by atoms with van der Waals surface area (Å²) in [6.45, 7) is 3.91. The zero-order valence-electron chi connectivity index (χ0n) is 12.3. The molecule has 0 spiro atoms. The molecule has 1 N–H and O–H groups in total. The van der Waals surface area contributed by atoms with Crippen LogP contribution in [-0.4, -0.2) is 40.4 Å². The van der Waals surface area contributed by atoms with Crippen LogP contribution in [0.2, 0.25) is 0 Å². The predicted molar refractivity (Wildman–Crippen MR) is 87.1 cm³/mol. The van der Waals surface area contributed by atoms with Crippen molar-refractivity contribution in [3.05, 3.63) is 42.0 Å². The molecule has 21 heavy (non-hydrogen) atoms. The smallest absolute Gasteiger partial charge is 0.324 e. The number of hydrogen-bond acceptors (Lipinski definition) is 3. The van der Waals surface area contributed by atoms with E-state index in [4.69, 9.17) is 0 Å². The number of rotatable bonds is 6. The van der Waals surface area contributed by atoms with Crippen LogP contribution in [0.3, 0.4) is 0 Å². The maximum absolute atomic E-state index is 12.0. The zero-order valence-corrected chi connectivity index (χ0v) is 13.2. The number of imide groups is 1. The first-order valence-corrected chi connectivity index (χ1v) is 8.09. The average Bonchev–Trinajstić information content (AvgIpc) is 2.65. The maximum Gasteiger partial charge on any atom is 0.325 e. The van der Waals surface area contributed by atoms with Crippen LogP contribution >= 0.6 is 11.8 Å². The van der Waals surface area contributed by atoms with Crippen LogP contribution in [0.25, 0.3) is 6.08 Å². The number of hydrogen-bond donors (Lipinski definition) is 1. The summed E-state index contributed by atoms with van der Waals surface area (Å²) in [5.41, 5.74) is 0.406. The molecule has 1 aromatic rings. The number of urea groups is 1. The van der Waals surface area contributed by atoms with Gasteiger partial charge in [-0.05, 0) is 19.4 Å². The Balaban J connectivity index is 1.70. The van der Waals surface area contributed by atoms with Gasteiger partial charge in [0.15, 0.2) is 0 Å². The monoisotopic (exact) mass is 304 g/mol. The summed E-state index contributed by atoms with van der Waals surface area (Å²) in [5.74, 6) is 1.46. The Kier molecular flexibility index (Phi) is 5.07. The quantitative estimate of drug-likeness (QED) is 0.649. The van der Waals surface area contributed by atoms with Gasteiger partial charge in [-0.3, -0.25) is 9.69 Å². The van der Waals surface area contributed by atoms with Crippen molar-refractivity contribution >= 4 is 29.8 Å². The molecular formula is C16H20N2O2S. The Hall–Kier alpha value is -1.75. The minimum Gasteiger partial charge on any atom is -0.324 e. The standard InChI is InChI=1S/C16H20N2O2S/c1-16(2)14(19)18(15(20)17-16)10-12-21-11-6-9-13-7-4-3-5-8-13/h3-9H,10-12H2,1-2H3,(H,17,20). The highest BCUT2D eigenvalue weighted by Gasteiger charge is 2.43. The third kappa shape index (κ3) is 4.11. The Morgan fingerprint density at radius 2 is 1.95 bits per heavy atom. The molecule has 0 bridgehead atoms. The number of benzene rings is 1. The van der Waals surface area contributed by atoms with Crippen molar-refractivity contribution in [3.8, 4) is 0 Å². The number of nitrogens with one attached hydrogen (secondary N) is 1. The van der Waals surface area contributed by atoms with E-state index in [-0.39, 0.29) is 11.9 Å². The molecule has 4 nitrogen and oxygen atoms in total. The Labute approximate surface area is 129 Å². The lowest BCUT2D eigenvalue weighted by atomic mass is 10.1. The maximum atomic E-state index is 12.0. The number of carbonyl (C=O) groups excluding carboxylic acids is 2. The predicted octanol–water partition coefficient (Wildman–Crippen LogP) is 2.76. The van der Waals surface area contributed by atoms with E-state index in [9.17, 15) is 9.59 Å². The molecule has 0 atom stereocenters. The third-order valence-corrected chi connectivity index (χ3v) is 4.13. The first-order valence-electron chi connectivity index (χ1n) is 6.94. The molecule has 0 saturated carbocycles. The van der Waals surface area contributed by atoms with Crippen molar-refractivity contribution in [2.75, 3.05) is 18.1 Å². The Morgan fingerprint density at radius 3 is 2.57 bits per heavy atom. The topological polar surface area (TPSA) is 49.4 Å². The highest BCUT2D eigenvalue weighted by Crippen LogP contribution is 2.17. The summed E-state index contributed by atoms with van der Waals surface area (Å²) in [5, 5.41) is 2.68. The van der Waals surface area contributed by atoms with Crippen LogP contribution in [-0.2, 0) is 4.79 Å². The zero-order chi connectivity index (χ0) is 15.3. The second-order valence-corrected chi connectivity index (χ2v) is 6.55. The molecule has 1 saturated heterocycles. The van der Waals surface area contributed by atoms with E-state index >= 15 is 0 Å². The van der Waals surface area contributed by atoms with E-state index in [2.05, 4.69) is 29.6 Å². The second kappa shape index (κ2) is 6.80. The number of carbonyl (C=O) groups is 2. The molecule has 1 aliphatic rings. The first kappa shape index (κ1) is 15.6. The average molecular weight is 304 g/mol. The van der Waals surface area contributed by atoms with E-state index in [1.807, 2.05) is 18.2 Å². The molecule has 3 amide bonds. The van der Waals surface area contributed by atoms with Crippen LogP contribution in [0.15, 0.2) is 36.4 Å². The van der Waals surface area contributed by atoms with Gasteiger partial charge in [0.2, 0.25) is 0 Å². The molecule has 112 valence electrons. The fourth-order valence-electron chi connectivity index (χ4n) is 2.08. The van der Waals surface area contributed by atoms with Crippen LogP contribution in [0.5, 0.6) is 0 Å². The van der Waals surface area contributed by atoms with E-state index in [0.717, 1.165) is 11.5 Å². The second-order valence-electron chi connectivity index (χ2n) is 5.40. The summed E-state index contributed by atoms with van der Waals surface area (Å²) in [6, 6.07) is 9.82. The Morgan fingerprint density at radius 1 is 1.24 bits per heavy atom. The fourth-order valence-corrected chi connectivity index (χ4v) is 2.79. The normalized spacial score (nSPS) is 17.5. The van der Waals surface area contributed by atoms with Crippen molar-refractivity contribution in [1.82, 2.24) is 10.2 Å². The van der Waals surface area contributed by atoms with Gasteiger partial charge in [0, 0.05) is 18.1 Å². The van der Waals surface area contributed by atoms with E-state index in [1.165, 1.54) is 10.5 Å². The molecule has 1 heterocycles. The van der Waals surface area contributed by atoms with Gasteiger partial charge in [-0.2, -0.15) is 11.8 Å². The summed E-state index contributed by atoms with van der Waals surface area (Å²) in [7, 11) is 0. The van der Waals surface area contributed by atoms with Gasteiger partial charge in [-0.1, -0.05) is 42.5 Å². The third-order valence-electron chi connectivity index (χ3n) is 3.23. The van der Waals surface area contributed by atoms with Crippen LogP contribution in [0.4, 0.5) is 4.79 Å². The molecule has 1 aromatic carbocycles. The van der Waals surface area contributed by atoms with Crippen molar-refractivity contribution in [2.45, 2.75) is 19.4 Å². The van der Waals surface area contributed by atoms with E-state index in [1.54, 1.807) is 25.6 Å². The SMILES string of the molecule is CC1(C)NC(=O)N(CCSCC=Cc2ccccc2)C1=O. The van der Waals surface area contributed by atoms with Crippen molar-refractivity contribution < 1.29 is 9.59 Å². The Bertz CT molecular complexity index is 540. The summed E-state index contributed by atoms with van der Waals surface area (Å²) < 4.78 is 0. The van der Waals surface area contributed by atoms with Gasteiger partial charge in [0.05, 0.1) is 0 Å². The highest BCUT2D eigenvalue weighted by atomic mass is 32.2. The lowest BCUT2D eigenvalue weighted by Crippen LogP contribution is -2.40. The van der Waals surface area contributed by atoms with Crippen molar-refractivity contribution in [2.24, 2.45) is 0 Å². The molecule has 5 heteroatoms. The van der Waals surface area contributed by atoms with Crippen molar-refractivity contribution in [3.63, 3.8) is 0 Å². The van der Waals surface area contributed by atoms with E-state index in [0.29, 0.717) is 6.54 Å². The minimum atomic E-state index is -0.769. The van der Waals surface area contributed by atoms with Crippen LogP contribution in [0, 0.1) is 0 Å². The van der Waals surface area contributed by atoms with Gasteiger partial charge in [-0.25, -0.2) is 4.79 Å². The van der Waals surface area contributed by atoms with Gasteiger partial charge in [-0.15, -0.1) is 0 Å².